The van der Waals surface area contributed by atoms with Crippen LogP contribution in [0.1, 0.15) is 32.6 Å². The highest BCUT2D eigenvalue weighted by molar-refractivity contribution is 7.99. The quantitative estimate of drug-likeness (QED) is 0.587. The van der Waals surface area contributed by atoms with Gasteiger partial charge >= 0.3 is 0 Å². The van der Waals surface area contributed by atoms with Crippen molar-refractivity contribution in [1.29, 1.82) is 0 Å². The maximum Gasteiger partial charge on any atom is 0.277 e. The second-order valence-corrected chi connectivity index (χ2v) is 5.96. The van der Waals surface area contributed by atoms with Crippen LogP contribution in [0.25, 0.3) is 0 Å². The highest BCUT2D eigenvalue weighted by atomic mass is 32.2. The van der Waals surface area contributed by atoms with Crippen LogP contribution in [-0.2, 0) is 10.5 Å². The van der Waals surface area contributed by atoms with Gasteiger partial charge in [-0.1, -0.05) is 31.5 Å². The van der Waals surface area contributed by atoms with Crippen molar-refractivity contribution < 1.29 is 9.21 Å². The molecule has 1 N–H and O–H groups in total. The third kappa shape index (κ3) is 4.76. The first-order valence-corrected chi connectivity index (χ1v) is 8.70. The van der Waals surface area contributed by atoms with Gasteiger partial charge in [0.25, 0.3) is 5.22 Å². The topological polar surface area (TPSA) is 68.0 Å². The van der Waals surface area contributed by atoms with Gasteiger partial charge in [-0.25, -0.2) is 0 Å². The first-order chi connectivity index (χ1) is 9.59. The predicted molar refractivity (Wildman–Crippen MR) is 82.5 cm³/mol. The lowest BCUT2D eigenvalue weighted by atomic mass is 9.94. The van der Waals surface area contributed by atoms with E-state index in [1.54, 1.807) is 11.8 Å². The minimum absolute atomic E-state index is 0.124. The molecule has 110 valence electrons. The third-order valence-electron chi connectivity index (χ3n) is 2.90. The number of aromatic nitrogens is 2. The number of rotatable bonds is 8. The predicted octanol–water partition coefficient (Wildman–Crippen LogP) is 2.33. The smallest absolute Gasteiger partial charge is 0.277 e. The van der Waals surface area contributed by atoms with E-state index >= 15 is 0 Å². The van der Waals surface area contributed by atoms with Crippen LogP contribution in [0.2, 0.25) is 0 Å². The molecule has 0 fully saturated rings. The summed E-state index contributed by atoms with van der Waals surface area (Å²) in [6.07, 6.45) is 8.87. The van der Waals surface area contributed by atoms with E-state index in [4.69, 9.17) is 10.8 Å². The van der Waals surface area contributed by atoms with Gasteiger partial charge in [-0.15, -0.1) is 16.6 Å². The number of amides is 1. The number of hydrogen-bond donors (Lipinski definition) is 1. The Morgan fingerprint density at radius 2 is 2.15 bits per heavy atom. The number of hydrogen-bond acceptors (Lipinski definition) is 6. The highest BCUT2D eigenvalue weighted by Gasteiger charge is 2.25. The lowest BCUT2D eigenvalue weighted by molar-refractivity contribution is -0.119. The minimum Gasteiger partial charge on any atom is -0.415 e. The Kier molecular flexibility index (Phi) is 6.96. The molecule has 0 aliphatic rings. The van der Waals surface area contributed by atoms with E-state index in [1.165, 1.54) is 11.8 Å². The van der Waals surface area contributed by atoms with Crippen molar-refractivity contribution in [3.63, 3.8) is 0 Å². The normalized spacial score (nSPS) is 11.1. The summed E-state index contributed by atoms with van der Waals surface area (Å²) in [7, 11) is 0. The van der Waals surface area contributed by atoms with Crippen molar-refractivity contribution in [2.75, 3.05) is 12.0 Å². The van der Waals surface area contributed by atoms with E-state index in [1.807, 2.05) is 20.1 Å². The first kappa shape index (κ1) is 16.9. The van der Waals surface area contributed by atoms with E-state index in [2.05, 4.69) is 21.4 Å². The van der Waals surface area contributed by atoms with E-state index in [0.29, 0.717) is 29.7 Å². The van der Waals surface area contributed by atoms with Crippen molar-refractivity contribution in [1.82, 2.24) is 15.5 Å². The molecule has 20 heavy (non-hydrogen) atoms. The zero-order valence-corrected chi connectivity index (χ0v) is 13.6. The molecule has 1 amide bonds. The molecule has 0 unspecified atom stereocenters. The molecule has 0 radical (unpaired) electrons. The zero-order chi connectivity index (χ0) is 15.0. The Hall–Kier alpha value is -1.13. The standard InChI is InChI=1S/C13H19N3O2S2/c1-5-13(6-2,7-3)14-10(17)8-20-12-16-15-11(18-12)9-19-4/h1H,6-9H2,2-4H3,(H,14,17). The first-order valence-electron chi connectivity index (χ1n) is 6.32. The molecule has 0 saturated carbocycles. The molecular formula is C13H19N3O2S2. The summed E-state index contributed by atoms with van der Waals surface area (Å²) >= 11 is 2.82. The molecule has 0 saturated heterocycles. The summed E-state index contributed by atoms with van der Waals surface area (Å²) in [5.41, 5.74) is -0.559. The monoisotopic (exact) mass is 313 g/mol. The van der Waals surface area contributed by atoms with Crippen LogP contribution < -0.4 is 5.32 Å². The van der Waals surface area contributed by atoms with Gasteiger partial charge in [0.2, 0.25) is 11.8 Å². The molecule has 0 aliphatic carbocycles. The van der Waals surface area contributed by atoms with Crippen LogP contribution in [0.5, 0.6) is 0 Å². The molecule has 1 rings (SSSR count). The number of carbonyl (C=O) groups excluding carboxylic acids is 1. The molecule has 0 aliphatic heterocycles. The molecule has 1 aromatic rings. The van der Waals surface area contributed by atoms with Crippen LogP contribution in [0.15, 0.2) is 9.64 Å². The van der Waals surface area contributed by atoms with Crippen molar-refractivity contribution in [3.8, 4) is 12.3 Å². The lowest BCUT2D eigenvalue weighted by Crippen LogP contribution is -2.47. The van der Waals surface area contributed by atoms with Crippen molar-refractivity contribution in [2.45, 2.75) is 43.2 Å². The Labute approximate surface area is 128 Å². The van der Waals surface area contributed by atoms with Gasteiger partial charge in [0, 0.05) is 0 Å². The van der Waals surface area contributed by atoms with Crippen LogP contribution >= 0.6 is 23.5 Å². The van der Waals surface area contributed by atoms with Crippen LogP contribution in [-0.4, -0.2) is 33.7 Å². The Bertz CT molecular complexity index is 478. The Morgan fingerprint density at radius 1 is 1.45 bits per heavy atom. The number of thioether (sulfide) groups is 2. The molecule has 1 heterocycles. The summed E-state index contributed by atoms with van der Waals surface area (Å²) < 4.78 is 5.38. The number of carbonyl (C=O) groups is 1. The molecule has 5 nitrogen and oxygen atoms in total. The van der Waals surface area contributed by atoms with Crippen LogP contribution in [0, 0.1) is 12.3 Å². The summed E-state index contributed by atoms with van der Waals surface area (Å²) in [6, 6.07) is 0. The van der Waals surface area contributed by atoms with E-state index < -0.39 is 5.54 Å². The summed E-state index contributed by atoms with van der Waals surface area (Å²) in [5.74, 6) is 4.00. The van der Waals surface area contributed by atoms with E-state index in [0.717, 1.165) is 0 Å². The van der Waals surface area contributed by atoms with Crippen molar-refractivity contribution >= 4 is 29.4 Å². The van der Waals surface area contributed by atoms with Crippen molar-refractivity contribution in [2.24, 2.45) is 0 Å². The van der Waals surface area contributed by atoms with Gasteiger partial charge in [-0.2, -0.15) is 11.8 Å². The summed E-state index contributed by atoms with van der Waals surface area (Å²) in [6.45, 7) is 3.92. The van der Waals surface area contributed by atoms with E-state index in [9.17, 15) is 4.79 Å². The molecule has 0 aromatic carbocycles. The third-order valence-corrected chi connectivity index (χ3v) is 4.26. The molecule has 0 spiro atoms. The van der Waals surface area contributed by atoms with Gasteiger partial charge in [0.1, 0.15) is 5.54 Å². The molecular weight excluding hydrogens is 294 g/mol. The fourth-order valence-electron chi connectivity index (χ4n) is 1.58. The average Bonchev–Trinajstić information content (AvgIpc) is 2.91. The van der Waals surface area contributed by atoms with Crippen LogP contribution in [0.3, 0.4) is 0 Å². The van der Waals surface area contributed by atoms with Crippen LogP contribution in [0.4, 0.5) is 0 Å². The molecule has 1 aromatic heterocycles. The summed E-state index contributed by atoms with van der Waals surface area (Å²) in [4.78, 5) is 11.9. The molecule has 0 atom stereocenters. The minimum atomic E-state index is -0.559. The maximum absolute atomic E-state index is 11.9. The number of terminal acetylenes is 1. The van der Waals surface area contributed by atoms with Gasteiger partial charge in [0.05, 0.1) is 11.5 Å². The van der Waals surface area contributed by atoms with Crippen molar-refractivity contribution in [3.05, 3.63) is 5.89 Å². The largest absolute Gasteiger partial charge is 0.415 e. The highest BCUT2D eigenvalue weighted by Crippen LogP contribution is 2.19. The second-order valence-electron chi connectivity index (χ2n) is 4.17. The second kappa shape index (κ2) is 8.22. The Balaban J connectivity index is 2.48. The fourth-order valence-corrected chi connectivity index (χ4v) is 2.52. The number of nitrogens with one attached hydrogen (secondary N) is 1. The fraction of sp³-hybridized carbons (Fsp3) is 0.615. The molecule has 7 heteroatoms. The SMILES string of the molecule is C#CC(CC)(CC)NC(=O)CSc1nnc(CSC)o1. The average molecular weight is 313 g/mol. The molecule has 0 bridgehead atoms. The van der Waals surface area contributed by atoms with Gasteiger partial charge < -0.3 is 9.73 Å². The number of nitrogens with zero attached hydrogens (tertiary/aromatic N) is 2. The lowest BCUT2D eigenvalue weighted by Gasteiger charge is -2.26. The zero-order valence-electron chi connectivity index (χ0n) is 11.9. The maximum atomic E-state index is 11.9. The van der Waals surface area contributed by atoms with Gasteiger partial charge in [0.15, 0.2) is 0 Å². The van der Waals surface area contributed by atoms with Gasteiger partial charge in [-0.3, -0.25) is 4.79 Å². The Morgan fingerprint density at radius 3 is 2.70 bits per heavy atom. The van der Waals surface area contributed by atoms with Gasteiger partial charge in [-0.05, 0) is 19.1 Å². The summed E-state index contributed by atoms with van der Waals surface area (Å²) in [5, 5.41) is 11.1. The van der Waals surface area contributed by atoms with E-state index in [-0.39, 0.29) is 11.7 Å².